The predicted octanol–water partition coefficient (Wildman–Crippen LogP) is 4.09. The maximum atomic E-state index is 4.39. The van der Waals surface area contributed by atoms with Crippen LogP contribution in [-0.2, 0) is 24.7 Å². The first-order valence-electron chi connectivity index (χ1n) is 7.17. The predicted molar refractivity (Wildman–Crippen MR) is 79.4 cm³/mol. The molecule has 1 aromatic carbocycles. The summed E-state index contributed by atoms with van der Waals surface area (Å²) < 4.78 is 0. The molecule has 0 bridgehead atoms. The molecule has 0 saturated heterocycles. The second-order valence-electron chi connectivity index (χ2n) is 6.20. The van der Waals surface area contributed by atoms with E-state index < -0.39 is 0 Å². The monoisotopic (exact) mass is 251 g/mol. The van der Waals surface area contributed by atoms with E-state index >= 15 is 0 Å². The number of fused-ring (bicyclic) bond motifs is 1. The van der Waals surface area contributed by atoms with E-state index in [-0.39, 0.29) is 0 Å². The van der Waals surface area contributed by atoms with Gasteiger partial charge in [0.15, 0.2) is 0 Å². The Morgan fingerprint density at radius 2 is 2.00 bits per heavy atom. The number of aromatic nitrogens is 1. The summed E-state index contributed by atoms with van der Waals surface area (Å²) in [4.78, 5) is 4.39. The summed E-state index contributed by atoms with van der Waals surface area (Å²) in [6.45, 7) is 4.72. The molecule has 0 spiro atoms. The molecule has 0 fully saturated rings. The zero-order chi connectivity index (χ0) is 13.3. The fraction of sp³-hybridized carbons (Fsp3) is 0.389. The molecular weight excluding hydrogens is 230 g/mol. The lowest BCUT2D eigenvalue weighted by atomic mass is 9.85. The Labute approximate surface area is 115 Å². The van der Waals surface area contributed by atoms with Gasteiger partial charge in [-0.1, -0.05) is 38.1 Å². The molecule has 1 aliphatic rings. The molecule has 1 heteroatoms. The van der Waals surface area contributed by atoms with Gasteiger partial charge in [0.25, 0.3) is 0 Å². The number of pyridine rings is 1. The molecule has 2 aromatic rings. The van der Waals surface area contributed by atoms with Gasteiger partial charge in [-0.2, -0.15) is 0 Å². The standard InChI is InChI=1S/C18H21N/c1-18(2)11-10-15-8-6-14(13-17(15)18)7-9-16-5-3-4-12-19-16/h3-6,8,12-13H,7,9-11H2,1-2H3. The zero-order valence-electron chi connectivity index (χ0n) is 11.8. The molecule has 0 radical (unpaired) electrons. The van der Waals surface area contributed by atoms with Crippen molar-refractivity contribution in [2.24, 2.45) is 0 Å². The van der Waals surface area contributed by atoms with Gasteiger partial charge in [0.2, 0.25) is 0 Å². The summed E-state index contributed by atoms with van der Waals surface area (Å²) in [5.74, 6) is 0. The molecule has 98 valence electrons. The van der Waals surface area contributed by atoms with Gasteiger partial charge in [0, 0.05) is 11.9 Å². The quantitative estimate of drug-likeness (QED) is 0.800. The van der Waals surface area contributed by atoms with Crippen molar-refractivity contribution in [2.75, 3.05) is 0 Å². The van der Waals surface area contributed by atoms with Gasteiger partial charge in [-0.05, 0) is 59.9 Å². The first-order valence-corrected chi connectivity index (χ1v) is 7.17. The van der Waals surface area contributed by atoms with Crippen molar-refractivity contribution >= 4 is 0 Å². The van der Waals surface area contributed by atoms with Crippen LogP contribution in [-0.4, -0.2) is 4.98 Å². The number of hydrogen-bond acceptors (Lipinski definition) is 1. The van der Waals surface area contributed by atoms with Crippen LogP contribution in [0.3, 0.4) is 0 Å². The fourth-order valence-electron chi connectivity index (χ4n) is 3.03. The van der Waals surface area contributed by atoms with Crippen LogP contribution in [0.15, 0.2) is 42.6 Å². The van der Waals surface area contributed by atoms with Crippen molar-refractivity contribution in [1.29, 1.82) is 0 Å². The van der Waals surface area contributed by atoms with Crippen LogP contribution in [0.1, 0.15) is 42.7 Å². The Kier molecular flexibility index (Phi) is 3.14. The van der Waals surface area contributed by atoms with Crippen molar-refractivity contribution in [1.82, 2.24) is 4.98 Å². The Hall–Kier alpha value is -1.63. The highest BCUT2D eigenvalue weighted by Gasteiger charge is 2.29. The van der Waals surface area contributed by atoms with Crippen LogP contribution in [0.4, 0.5) is 0 Å². The third-order valence-corrected chi connectivity index (χ3v) is 4.32. The summed E-state index contributed by atoms with van der Waals surface area (Å²) >= 11 is 0. The second kappa shape index (κ2) is 4.80. The van der Waals surface area contributed by atoms with Gasteiger partial charge < -0.3 is 0 Å². The first-order chi connectivity index (χ1) is 9.15. The Morgan fingerprint density at radius 3 is 2.79 bits per heavy atom. The highest BCUT2D eigenvalue weighted by molar-refractivity contribution is 5.41. The molecule has 3 rings (SSSR count). The number of benzene rings is 1. The van der Waals surface area contributed by atoms with E-state index in [9.17, 15) is 0 Å². The van der Waals surface area contributed by atoms with E-state index in [2.05, 4.69) is 49.2 Å². The third kappa shape index (κ3) is 2.56. The second-order valence-corrected chi connectivity index (χ2v) is 6.20. The van der Waals surface area contributed by atoms with Crippen LogP contribution >= 0.6 is 0 Å². The Balaban J connectivity index is 1.77. The van der Waals surface area contributed by atoms with E-state index in [0.29, 0.717) is 5.41 Å². The summed E-state index contributed by atoms with van der Waals surface area (Å²) in [7, 11) is 0. The topological polar surface area (TPSA) is 12.9 Å². The molecular formula is C18H21N. The van der Waals surface area contributed by atoms with Gasteiger partial charge in [-0.25, -0.2) is 0 Å². The van der Waals surface area contributed by atoms with E-state index in [1.54, 1.807) is 11.1 Å². The van der Waals surface area contributed by atoms with Crippen molar-refractivity contribution in [3.8, 4) is 0 Å². The molecule has 1 heterocycles. The van der Waals surface area contributed by atoms with Gasteiger partial charge in [0.1, 0.15) is 0 Å². The van der Waals surface area contributed by atoms with Gasteiger partial charge in [-0.15, -0.1) is 0 Å². The van der Waals surface area contributed by atoms with Crippen LogP contribution in [0, 0.1) is 0 Å². The summed E-state index contributed by atoms with van der Waals surface area (Å²) in [5, 5.41) is 0. The highest BCUT2D eigenvalue weighted by atomic mass is 14.7. The number of hydrogen-bond donors (Lipinski definition) is 0. The number of nitrogens with zero attached hydrogens (tertiary/aromatic N) is 1. The molecule has 0 saturated carbocycles. The Morgan fingerprint density at radius 1 is 1.11 bits per heavy atom. The van der Waals surface area contributed by atoms with Crippen LogP contribution in [0.2, 0.25) is 0 Å². The number of rotatable bonds is 3. The SMILES string of the molecule is CC1(C)CCc2ccc(CCc3ccccn3)cc21. The lowest BCUT2D eigenvalue weighted by Crippen LogP contribution is -2.12. The van der Waals surface area contributed by atoms with Crippen molar-refractivity contribution < 1.29 is 0 Å². The minimum Gasteiger partial charge on any atom is -0.261 e. The van der Waals surface area contributed by atoms with Crippen molar-refractivity contribution in [3.05, 3.63) is 65.0 Å². The molecule has 0 atom stereocenters. The zero-order valence-corrected chi connectivity index (χ0v) is 11.8. The van der Waals surface area contributed by atoms with E-state index in [4.69, 9.17) is 0 Å². The highest BCUT2D eigenvalue weighted by Crippen LogP contribution is 2.38. The normalized spacial score (nSPS) is 16.3. The average molecular weight is 251 g/mol. The maximum Gasteiger partial charge on any atom is 0.0406 e. The Bertz CT molecular complexity index is 569. The lowest BCUT2D eigenvalue weighted by molar-refractivity contribution is 0.522. The van der Waals surface area contributed by atoms with Crippen LogP contribution in [0.5, 0.6) is 0 Å². The summed E-state index contributed by atoms with van der Waals surface area (Å²) in [5.41, 5.74) is 6.09. The largest absolute Gasteiger partial charge is 0.261 e. The minimum absolute atomic E-state index is 0.357. The van der Waals surface area contributed by atoms with Gasteiger partial charge in [-0.3, -0.25) is 4.98 Å². The lowest BCUT2D eigenvalue weighted by Gasteiger charge is -2.19. The smallest absolute Gasteiger partial charge is 0.0406 e. The summed E-state index contributed by atoms with van der Waals surface area (Å²) in [6, 6.07) is 13.2. The number of aryl methyl sites for hydroxylation is 3. The van der Waals surface area contributed by atoms with E-state index in [1.165, 1.54) is 24.1 Å². The van der Waals surface area contributed by atoms with Gasteiger partial charge in [0.05, 0.1) is 0 Å². The molecule has 0 aliphatic heterocycles. The van der Waals surface area contributed by atoms with Crippen LogP contribution < -0.4 is 0 Å². The van der Waals surface area contributed by atoms with Crippen molar-refractivity contribution in [2.45, 2.75) is 44.9 Å². The van der Waals surface area contributed by atoms with Gasteiger partial charge >= 0.3 is 0 Å². The van der Waals surface area contributed by atoms with E-state index in [0.717, 1.165) is 12.8 Å². The summed E-state index contributed by atoms with van der Waals surface area (Å²) in [6.07, 6.45) is 6.51. The molecule has 0 N–H and O–H groups in total. The molecule has 1 aromatic heterocycles. The average Bonchev–Trinajstić information content (AvgIpc) is 2.73. The maximum absolute atomic E-state index is 4.39. The molecule has 0 amide bonds. The van der Waals surface area contributed by atoms with Crippen molar-refractivity contribution in [3.63, 3.8) is 0 Å². The molecule has 1 nitrogen and oxygen atoms in total. The molecule has 0 unspecified atom stereocenters. The third-order valence-electron chi connectivity index (χ3n) is 4.32. The van der Waals surface area contributed by atoms with Crippen LogP contribution in [0.25, 0.3) is 0 Å². The fourth-order valence-corrected chi connectivity index (χ4v) is 3.03. The molecule has 1 aliphatic carbocycles. The van der Waals surface area contributed by atoms with E-state index in [1.807, 2.05) is 12.3 Å². The minimum atomic E-state index is 0.357. The first kappa shape index (κ1) is 12.4. The molecule has 19 heavy (non-hydrogen) atoms.